The molecule has 17 heavy (non-hydrogen) atoms. The molecule has 0 fully saturated rings. The van der Waals surface area contributed by atoms with Crippen molar-refractivity contribution in [3.63, 3.8) is 0 Å². The van der Waals surface area contributed by atoms with Gasteiger partial charge in [-0.15, -0.1) is 0 Å². The highest BCUT2D eigenvalue weighted by Crippen LogP contribution is 2.05. The number of nitrogens with zero attached hydrogens (tertiary/aromatic N) is 3. The number of aromatic nitrogens is 1. The Labute approximate surface area is 103 Å². The Hall–Kier alpha value is -1.60. The predicted molar refractivity (Wildman–Crippen MR) is 69.8 cm³/mol. The van der Waals surface area contributed by atoms with Crippen molar-refractivity contribution in [2.45, 2.75) is 26.3 Å². The summed E-state index contributed by atoms with van der Waals surface area (Å²) in [5, 5.41) is 11.9. The fourth-order valence-electron chi connectivity index (χ4n) is 1.38. The van der Waals surface area contributed by atoms with Crippen LogP contribution in [0, 0.1) is 11.3 Å². The van der Waals surface area contributed by atoms with Crippen LogP contribution < -0.4 is 5.32 Å². The number of nitrogens with one attached hydrogen (secondary N) is 1. The molecule has 0 unspecified atom stereocenters. The fraction of sp³-hybridized carbons (Fsp3) is 0.538. The van der Waals surface area contributed by atoms with Crippen LogP contribution in [0.1, 0.15) is 26.0 Å². The zero-order chi connectivity index (χ0) is 12.7. The van der Waals surface area contributed by atoms with E-state index in [-0.39, 0.29) is 0 Å². The minimum atomic E-state index is 0.454. The molecular formula is C13H20N4. The van der Waals surface area contributed by atoms with Gasteiger partial charge in [0.1, 0.15) is 11.8 Å². The number of anilines is 1. The molecule has 0 amide bonds. The Morgan fingerprint density at radius 3 is 2.76 bits per heavy atom. The van der Waals surface area contributed by atoms with Crippen molar-refractivity contribution < 1.29 is 0 Å². The Morgan fingerprint density at radius 2 is 2.24 bits per heavy atom. The van der Waals surface area contributed by atoms with E-state index >= 15 is 0 Å². The summed E-state index contributed by atoms with van der Waals surface area (Å²) in [7, 11) is 2.13. The van der Waals surface area contributed by atoms with E-state index in [9.17, 15) is 0 Å². The van der Waals surface area contributed by atoms with Gasteiger partial charge in [-0.3, -0.25) is 0 Å². The number of nitriles is 1. The highest BCUT2D eigenvalue weighted by atomic mass is 15.1. The third-order valence-corrected chi connectivity index (χ3v) is 2.78. The van der Waals surface area contributed by atoms with Gasteiger partial charge in [0.2, 0.25) is 0 Å². The van der Waals surface area contributed by atoms with Crippen LogP contribution in [0.15, 0.2) is 18.3 Å². The lowest BCUT2D eigenvalue weighted by Gasteiger charge is -2.20. The fourth-order valence-corrected chi connectivity index (χ4v) is 1.38. The van der Waals surface area contributed by atoms with Crippen LogP contribution in [0.5, 0.6) is 0 Å². The van der Waals surface area contributed by atoms with E-state index in [0.29, 0.717) is 11.7 Å². The average molecular weight is 232 g/mol. The van der Waals surface area contributed by atoms with Crippen LogP contribution in [-0.2, 0) is 0 Å². The molecule has 0 aliphatic carbocycles. The van der Waals surface area contributed by atoms with Crippen LogP contribution in [0.2, 0.25) is 0 Å². The lowest BCUT2D eigenvalue weighted by Crippen LogP contribution is -2.28. The molecule has 0 atom stereocenters. The number of rotatable bonds is 6. The summed E-state index contributed by atoms with van der Waals surface area (Å²) >= 11 is 0. The van der Waals surface area contributed by atoms with Gasteiger partial charge in [0.05, 0.1) is 11.9 Å². The van der Waals surface area contributed by atoms with Gasteiger partial charge >= 0.3 is 0 Å². The summed E-state index contributed by atoms with van der Waals surface area (Å²) in [5.74, 6) is 0. The van der Waals surface area contributed by atoms with E-state index in [0.717, 1.165) is 25.2 Å². The van der Waals surface area contributed by atoms with E-state index in [2.05, 4.69) is 36.1 Å². The van der Waals surface area contributed by atoms with E-state index in [4.69, 9.17) is 5.26 Å². The molecular weight excluding hydrogens is 212 g/mol. The van der Waals surface area contributed by atoms with Gasteiger partial charge in [-0.05, 0) is 46.0 Å². The molecule has 0 saturated heterocycles. The zero-order valence-corrected chi connectivity index (χ0v) is 10.8. The van der Waals surface area contributed by atoms with E-state index in [1.165, 1.54) is 0 Å². The van der Waals surface area contributed by atoms with Crippen LogP contribution in [0.4, 0.5) is 5.69 Å². The standard InChI is InChI=1S/C13H20N4/c1-11(2)17(3)8-4-7-15-13-6-5-12(9-14)16-10-13/h5-6,10-11,15H,4,7-8H2,1-3H3. The lowest BCUT2D eigenvalue weighted by molar-refractivity contribution is 0.273. The minimum Gasteiger partial charge on any atom is -0.384 e. The molecule has 1 N–H and O–H groups in total. The first-order valence-electron chi connectivity index (χ1n) is 5.93. The quantitative estimate of drug-likeness (QED) is 0.763. The molecule has 1 heterocycles. The maximum absolute atomic E-state index is 8.62. The van der Waals surface area contributed by atoms with E-state index in [1.807, 2.05) is 12.1 Å². The second kappa shape index (κ2) is 6.87. The molecule has 4 nitrogen and oxygen atoms in total. The summed E-state index contributed by atoms with van der Waals surface area (Å²) in [5.41, 5.74) is 1.42. The van der Waals surface area contributed by atoms with E-state index < -0.39 is 0 Å². The summed E-state index contributed by atoms with van der Waals surface area (Å²) < 4.78 is 0. The number of pyridine rings is 1. The Balaban J connectivity index is 2.24. The Morgan fingerprint density at radius 1 is 1.47 bits per heavy atom. The van der Waals surface area contributed by atoms with Gasteiger partial charge in [0, 0.05) is 12.6 Å². The summed E-state index contributed by atoms with van der Waals surface area (Å²) in [6, 6.07) is 6.20. The van der Waals surface area contributed by atoms with Gasteiger partial charge in [0.25, 0.3) is 0 Å². The SMILES string of the molecule is CC(C)N(C)CCCNc1ccc(C#N)nc1. The smallest absolute Gasteiger partial charge is 0.140 e. The van der Waals surface area contributed by atoms with Crippen molar-refractivity contribution in [2.24, 2.45) is 0 Å². The molecule has 0 aliphatic heterocycles. The van der Waals surface area contributed by atoms with Gasteiger partial charge in [-0.25, -0.2) is 4.98 Å². The van der Waals surface area contributed by atoms with Crippen LogP contribution in [0.3, 0.4) is 0 Å². The second-order valence-corrected chi connectivity index (χ2v) is 4.40. The third-order valence-electron chi connectivity index (χ3n) is 2.78. The lowest BCUT2D eigenvalue weighted by atomic mass is 10.3. The monoisotopic (exact) mass is 232 g/mol. The molecule has 0 spiro atoms. The Kier molecular flexibility index (Phi) is 5.44. The van der Waals surface area contributed by atoms with Crippen molar-refractivity contribution >= 4 is 5.69 Å². The zero-order valence-electron chi connectivity index (χ0n) is 10.8. The van der Waals surface area contributed by atoms with Crippen molar-refractivity contribution in [2.75, 3.05) is 25.5 Å². The number of hydrogen-bond acceptors (Lipinski definition) is 4. The van der Waals surface area contributed by atoms with Gasteiger partial charge < -0.3 is 10.2 Å². The molecule has 0 aromatic carbocycles. The highest BCUT2D eigenvalue weighted by molar-refractivity contribution is 5.42. The first-order chi connectivity index (χ1) is 8.13. The van der Waals surface area contributed by atoms with E-state index in [1.54, 1.807) is 12.3 Å². The first kappa shape index (κ1) is 13.5. The maximum Gasteiger partial charge on any atom is 0.140 e. The normalized spacial score (nSPS) is 10.6. The Bertz CT molecular complexity index is 364. The largest absolute Gasteiger partial charge is 0.384 e. The summed E-state index contributed by atoms with van der Waals surface area (Å²) in [6.07, 6.45) is 2.79. The van der Waals surface area contributed by atoms with Gasteiger partial charge in [0.15, 0.2) is 0 Å². The molecule has 0 radical (unpaired) electrons. The highest BCUT2D eigenvalue weighted by Gasteiger charge is 2.01. The van der Waals surface area contributed by atoms with Crippen molar-refractivity contribution in [1.82, 2.24) is 9.88 Å². The molecule has 1 aromatic heterocycles. The molecule has 1 rings (SSSR count). The van der Waals surface area contributed by atoms with Crippen molar-refractivity contribution in [3.05, 3.63) is 24.0 Å². The molecule has 1 aromatic rings. The molecule has 0 aliphatic rings. The van der Waals surface area contributed by atoms with Crippen LogP contribution in [0.25, 0.3) is 0 Å². The molecule has 4 heteroatoms. The van der Waals surface area contributed by atoms with Crippen molar-refractivity contribution in [3.8, 4) is 6.07 Å². The maximum atomic E-state index is 8.62. The molecule has 0 bridgehead atoms. The molecule has 92 valence electrons. The minimum absolute atomic E-state index is 0.454. The van der Waals surface area contributed by atoms with Gasteiger partial charge in [-0.2, -0.15) is 5.26 Å². The predicted octanol–water partition coefficient (Wildman–Crippen LogP) is 2.10. The summed E-state index contributed by atoms with van der Waals surface area (Å²) in [4.78, 5) is 6.32. The topological polar surface area (TPSA) is 52.0 Å². The molecule has 0 saturated carbocycles. The first-order valence-corrected chi connectivity index (χ1v) is 5.93. The van der Waals surface area contributed by atoms with Crippen LogP contribution in [-0.4, -0.2) is 36.1 Å². The van der Waals surface area contributed by atoms with Crippen LogP contribution >= 0.6 is 0 Å². The summed E-state index contributed by atoms with van der Waals surface area (Å²) in [6.45, 7) is 6.38. The van der Waals surface area contributed by atoms with Crippen molar-refractivity contribution in [1.29, 1.82) is 5.26 Å². The third kappa shape index (κ3) is 4.83. The number of hydrogen-bond donors (Lipinski definition) is 1. The average Bonchev–Trinajstić information content (AvgIpc) is 2.35. The van der Waals surface area contributed by atoms with Gasteiger partial charge in [-0.1, -0.05) is 0 Å². The second-order valence-electron chi connectivity index (χ2n) is 4.40.